The fraction of sp³-hybridized carbons (Fsp3) is 0.333. The number of carbonyl (C=O) groups is 1. The van der Waals surface area contributed by atoms with Crippen molar-refractivity contribution in [1.82, 2.24) is 14.9 Å². The van der Waals surface area contributed by atoms with Crippen molar-refractivity contribution in [1.29, 1.82) is 0 Å². The molecule has 118 valence electrons. The van der Waals surface area contributed by atoms with Crippen LogP contribution < -0.4 is 5.32 Å². The number of fused-ring (bicyclic) bond motifs is 2. The Kier molecular flexibility index (Phi) is 3.13. The summed E-state index contributed by atoms with van der Waals surface area (Å²) in [6.45, 7) is 4.76. The molecule has 0 saturated carbocycles. The maximum absolute atomic E-state index is 12.7. The first-order valence-corrected chi connectivity index (χ1v) is 7.89. The van der Waals surface area contributed by atoms with Gasteiger partial charge in [-0.3, -0.25) is 4.79 Å². The summed E-state index contributed by atoms with van der Waals surface area (Å²) in [6, 6.07) is 9.15. The fourth-order valence-corrected chi connectivity index (χ4v) is 3.49. The van der Waals surface area contributed by atoms with Gasteiger partial charge in [0.25, 0.3) is 0 Å². The summed E-state index contributed by atoms with van der Waals surface area (Å²) in [5.74, 6) is 0.625. The van der Waals surface area contributed by atoms with Gasteiger partial charge in [-0.1, -0.05) is 30.3 Å². The van der Waals surface area contributed by atoms with Crippen LogP contribution in [0.15, 0.2) is 35.9 Å². The summed E-state index contributed by atoms with van der Waals surface area (Å²) in [4.78, 5) is 17.3. The van der Waals surface area contributed by atoms with Crippen molar-refractivity contribution in [3.8, 4) is 0 Å². The van der Waals surface area contributed by atoms with Gasteiger partial charge in [-0.2, -0.15) is 0 Å². The number of hydrogen-bond donors (Lipinski definition) is 2. The van der Waals surface area contributed by atoms with Crippen LogP contribution >= 0.6 is 0 Å². The van der Waals surface area contributed by atoms with Gasteiger partial charge < -0.3 is 15.0 Å². The number of aryl methyl sites for hydroxylation is 1. The number of aliphatic hydroxyl groups excluding tert-OH is 1. The largest absolute Gasteiger partial charge is 0.382 e. The van der Waals surface area contributed by atoms with E-state index in [4.69, 9.17) is 0 Å². The molecule has 2 atom stereocenters. The minimum atomic E-state index is -1.06. The monoisotopic (exact) mass is 309 g/mol. The summed E-state index contributed by atoms with van der Waals surface area (Å²) in [7, 11) is 0. The van der Waals surface area contributed by atoms with E-state index in [1.807, 2.05) is 44.2 Å². The Hall–Kier alpha value is -2.40. The number of carbonyl (C=O) groups excluding carboxylic acids is 1. The number of hydrogen-bond acceptors (Lipinski definition) is 4. The Bertz CT molecular complexity index is 820. The second-order valence-corrected chi connectivity index (χ2v) is 6.20. The van der Waals surface area contributed by atoms with Crippen LogP contribution in [0.3, 0.4) is 0 Å². The number of imidazole rings is 1. The second-order valence-electron chi connectivity index (χ2n) is 6.20. The van der Waals surface area contributed by atoms with Crippen molar-refractivity contribution >= 4 is 11.5 Å². The summed E-state index contributed by atoms with van der Waals surface area (Å²) in [6.07, 6.45) is -0.427. The zero-order chi connectivity index (χ0) is 16.1. The maximum atomic E-state index is 12.7. The van der Waals surface area contributed by atoms with Crippen LogP contribution in [-0.2, 0) is 11.3 Å². The molecule has 0 saturated heterocycles. The normalized spacial score (nSPS) is 23.3. The van der Waals surface area contributed by atoms with E-state index in [2.05, 4.69) is 14.9 Å². The van der Waals surface area contributed by atoms with Crippen molar-refractivity contribution < 1.29 is 9.90 Å². The molecule has 0 spiro atoms. The Morgan fingerprint density at radius 3 is 2.74 bits per heavy atom. The Balaban J connectivity index is 1.83. The predicted molar refractivity (Wildman–Crippen MR) is 86.6 cm³/mol. The standard InChI is InChI=1S/C18H19N3O2/c1-10-11(2)21-9-8-13-15(18(21)19-10)20-14(17(23)16(13)22)12-6-4-3-5-7-12/h3-7,14,17,20,23H,8-9H2,1-2H3. The molecule has 23 heavy (non-hydrogen) atoms. The van der Waals surface area contributed by atoms with Crippen molar-refractivity contribution in [2.75, 3.05) is 0 Å². The number of benzene rings is 1. The number of nitrogens with zero attached hydrogens (tertiary/aromatic N) is 2. The molecule has 3 heterocycles. The number of rotatable bonds is 1. The Morgan fingerprint density at radius 2 is 2.00 bits per heavy atom. The highest BCUT2D eigenvalue weighted by molar-refractivity contribution is 6.06. The van der Waals surface area contributed by atoms with Crippen LogP contribution in [0.25, 0.3) is 5.70 Å². The number of Topliss-reactive ketones (excluding diaryl/α,β-unsaturated/α-hetero) is 1. The Labute approximate surface area is 134 Å². The van der Waals surface area contributed by atoms with Crippen LogP contribution in [0.5, 0.6) is 0 Å². The molecule has 2 aromatic rings. The lowest BCUT2D eigenvalue weighted by molar-refractivity contribution is -0.125. The molecule has 2 N–H and O–H groups in total. The lowest BCUT2D eigenvalue weighted by Crippen LogP contribution is -2.44. The molecule has 2 aliphatic heterocycles. The summed E-state index contributed by atoms with van der Waals surface area (Å²) in [5.41, 5.74) is 4.45. The molecule has 0 bridgehead atoms. The molecule has 5 nitrogen and oxygen atoms in total. The number of aromatic nitrogens is 2. The van der Waals surface area contributed by atoms with Gasteiger partial charge in [0.2, 0.25) is 0 Å². The highest BCUT2D eigenvalue weighted by Crippen LogP contribution is 2.35. The highest BCUT2D eigenvalue weighted by atomic mass is 16.3. The summed E-state index contributed by atoms with van der Waals surface area (Å²) < 4.78 is 2.15. The smallest absolute Gasteiger partial charge is 0.192 e. The van der Waals surface area contributed by atoms with Crippen molar-refractivity contribution in [2.24, 2.45) is 0 Å². The lowest BCUT2D eigenvalue weighted by atomic mass is 9.87. The van der Waals surface area contributed by atoms with E-state index in [0.717, 1.165) is 35.0 Å². The molecule has 1 aromatic heterocycles. The van der Waals surface area contributed by atoms with E-state index in [1.54, 1.807) is 0 Å². The number of nitrogens with one attached hydrogen (secondary N) is 1. The molecule has 5 heteroatoms. The van der Waals surface area contributed by atoms with Gasteiger partial charge in [-0.15, -0.1) is 0 Å². The van der Waals surface area contributed by atoms with Gasteiger partial charge in [0.05, 0.1) is 17.4 Å². The Morgan fingerprint density at radius 1 is 1.26 bits per heavy atom. The van der Waals surface area contributed by atoms with Crippen LogP contribution in [0.1, 0.15) is 35.2 Å². The molecule has 1 aromatic carbocycles. The SMILES string of the molecule is Cc1nc2n(c1C)CCC1=C2NC(c2ccccc2)C(O)C1=O. The third kappa shape index (κ3) is 2.04. The number of ketones is 1. The average molecular weight is 309 g/mol. The van der Waals surface area contributed by atoms with Gasteiger partial charge in [0.1, 0.15) is 6.10 Å². The van der Waals surface area contributed by atoms with E-state index in [0.29, 0.717) is 12.0 Å². The molecule has 0 amide bonds. The van der Waals surface area contributed by atoms with E-state index >= 15 is 0 Å². The third-order valence-electron chi connectivity index (χ3n) is 4.91. The molecule has 2 unspecified atom stereocenters. The quantitative estimate of drug-likeness (QED) is 0.844. The van der Waals surface area contributed by atoms with Gasteiger partial charge in [-0.25, -0.2) is 4.98 Å². The highest BCUT2D eigenvalue weighted by Gasteiger charge is 2.39. The van der Waals surface area contributed by atoms with Crippen molar-refractivity contribution in [3.63, 3.8) is 0 Å². The minimum Gasteiger partial charge on any atom is -0.382 e. The molecular formula is C18H19N3O2. The first-order chi connectivity index (χ1) is 11.1. The van der Waals surface area contributed by atoms with E-state index in [-0.39, 0.29) is 5.78 Å². The molecular weight excluding hydrogens is 290 g/mol. The first-order valence-electron chi connectivity index (χ1n) is 7.89. The number of aliphatic hydroxyl groups is 1. The molecule has 0 aliphatic carbocycles. The van der Waals surface area contributed by atoms with Crippen molar-refractivity contribution in [2.45, 2.75) is 39.0 Å². The molecule has 0 fully saturated rings. The zero-order valence-corrected chi connectivity index (χ0v) is 13.2. The van der Waals surface area contributed by atoms with Crippen LogP contribution in [-0.4, -0.2) is 26.5 Å². The third-order valence-corrected chi connectivity index (χ3v) is 4.91. The second kappa shape index (κ2) is 5.06. The maximum Gasteiger partial charge on any atom is 0.192 e. The topological polar surface area (TPSA) is 67.2 Å². The van der Waals surface area contributed by atoms with E-state index in [1.165, 1.54) is 0 Å². The van der Waals surface area contributed by atoms with E-state index in [9.17, 15) is 9.90 Å². The summed E-state index contributed by atoms with van der Waals surface area (Å²) >= 11 is 0. The van der Waals surface area contributed by atoms with Crippen LogP contribution in [0.2, 0.25) is 0 Å². The predicted octanol–water partition coefficient (Wildman–Crippen LogP) is 1.89. The van der Waals surface area contributed by atoms with Gasteiger partial charge in [0.15, 0.2) is 11.6 Å². The fourth-order valence-electron chi connectivity index (χ4n) is 3.49. The average Bonchev–Trinajstić information content (AvgIpc) is 2.86. The molecule has 4 rings (SSSR count). The van der Waals surface area contributed by atoms with Crippen LogP contribution in [0, 0.1) is 13.8 Å². The molecule has 0 radical (unpaired) electrons. The lowest BCUT2D eigenvalue weighted by Gasteiger charge is -2.35. The van der Waals surface area contributed by atoms with Crippen molar-refractivity contribution in [3.05, 3.63) is 58.7 Å². The minimum absolute atomic E-state index is 0.183. The summed E-state index contributed by atoms with van der Waals surface area (Å²) in [5, 5.41) is 13.8. The van der Waals surface area contributed by atoms with Gasteiger partial charge in [0, 0.05) is 17.8 Å². The van der Waals surface area contributed by atoms with E-state index < -0.39 is 12.1 Å². The van der Waals surface area contributed by atoms with Gasteiger partial charge >= 0.3 is 0 Å². The van der Waals surface area contributed by atoms with Gasteiger partial charge in [-0.05, 0) is 25.8 Å². The first kappa shape index (κ1) is 14.2. The zero-order valence-electron chi connectivity index (χ0n) is 13.2. The molecule has 2 aliphatic rings. The van der Waals surface area contributed by atoms with Crippen LogP contribution in [0.4, 0.5) is 0 Å².